The van der Waals surface area contributed by atoms with Crippen molar-refractivity contribution >= 4 is 26.0 Å². The average Bonchev–Trinajstić information content (AvgIpc) is 2.39. The minimum Gasteiger partial charge on any atom is -0.315 e. The largest absolute Gasteiger partial charge is 0.315 e. The van der Waals surface area contributed by atoms with Crippen LogP contribution in [0.3, 0.4) is 0 Å². The van der Waals surface area contributed by atoms with Gasteiger partial charge in [-0.3, -0.25) is 0 Å². The van der Waals surface area contributed by atoms with Crippen LogP contribution in [-0.4, -0.2) is 38.9 Å². The molecular weight excluding hydrogens is 316 g/mol. The molecule has 1 atom stereocenters. The summed E-state index contributed by atoms with van der Waals surface area (Å²) in [5.74, 6) is 0. The zero-order valence-electron chi connectivity index (χ0n) is 10.3. The lowest BCUT2D eigenvalue weighted by Gasteiger charge is -2.30. The van der Waals surface area contributed by atoms with E-state index in [2.05, 4.69) is 21.2 Å². The number of piperidine rings is 1. The summed E-state index contributed by atoms with van der Waals surface area (Å²) in [4.78, 5) is 0.338. The smallest absolute Gasteiger partial charge is 0.243 e. The van der Waals surface area contributed by atoms with E-state index in [0.717, 1.165) is 30.4 Å². The summed E-state index contributed by atoms with van der Waals surface area (Å²) < 4.78 is 27.2. The summed E-state index contributed by atoms with van der Waals surface area (Å²) in [5.41, 5.74) is 0. The molecule has 1 fully saturated rings. The number of hydrogen-bond donors (Lipinski definition) is 1. The van der Waals surface area contributed by atoms with Crippen molar-refractivity contribution in [2.24, 2.45) is 0 Å². The van der Waals surface area contributed by atoms with E-state index in [0.29, 0.717) is 4.90 Å². The number of hydrogen-bond acceptors (Lipinski definition) is 3. The summed E-state index contributed by atoms with van der Waals surface area (Å²) >= 11 is 3.30. The van der Waals surface area contributed by atoms with Crippen LogP contribution in [0.5, 0.6) is 0 Å². The zero-order valence-corrected chi connectivity index (χ0v) is 12.7. The number of halogens is 1. The van der Waals surface area contributed by atoms with Gasteiger partial charge in [0.1, 0.15) is 0 Å². The van der Waals surface area contributed by atoms with Crippen LogP contribution in [0.25, 0.3) is 0 Å². The molecule has 2 rings (SSSR count). The molecule has 1 aliphatic rings. The van der Waals surface area contributed by atoms with Crippen LogP contribution < -0.4 is 5.32 Å². The van der Waals surface area contributed by atoms with E-state index in [4.69, 9.17) is 0 Å². The Hall–Kier alpha value is -0.430. The molecule has 1 N–H and O–H groups in total. The normalized spacial score (nSPS) is 21.2. The van der Waals surface area contributed by atoms with Gasteiger partial charge in [-0.25, -0.2) is 8.42 Å². The molecule has 1 aromatic rings. The summed E-state index contributed by atoms with van der Waals surface area (Å²) in [6.45, 7) is 1.70. The van der Waals surface area contributed by atoms with E-state index < -0.39 is 10.0 Å². The van der Waals surface area contributed by atoms with Crippen molar-refractivity contribution in [1.29, 1.82) is 0 Å². The van der Waals surface area contributed by atoms with Crippen LogP contribution in [0.2, 0.25) is 0 Å². The van der Waals surface area contributed by atoms with E-state index >= 15 is 0 Å². The third-order valence-electron chi connectivity index (χ3n) is 3.26. The van der Waals surface area contributed by atoms with Crippen LogP contribution in [-0.2, 0) is 10.0 Å². The van der Waals surface area contributed by atoms with Crippen LogP contribution in [0, 0.1) is 0 Å². The van der Waals surface area contributed by atoms with Gasteiger partial charge in [0.05, 0.1) is 4.90 Å². The summed E-state index contributed by atoms with van der Waals surface area (Å²) in [6, 6.07) is 6.88. The van der Waals surface area contributed by atoms with Crippen LogP contribution in [0.15, 0.2) is 33.6 Å². The molecule has 1 saturated heterocycles. The number of rotatable bonds is 3. The maximum absolute atomic E-state index is 12.5. The predicted octanol–water partition coefficient (Wildman–Crippen LogP) is 1.82. The van der Waals surface area contributed by atoms with Gasteiger partial charge in [0.2, 0.25) is 10.0 Å². The monoisotopic (exact) mass is 332 g/mol. The Morgan fingerprint density at radius 2 is 2.22 bits per heavy atom. The maximum Gasteiger partial charge on any atom is 0.243 e. The van der Waals surface area contributed by atoms with Crippen molar-refractivity contribution in [2.75, 3.05) is 20.1 Å². The first kappa shape index (κ1) is 14.0. The molecule has 0 aromatic heterocycles. The van der Waals surface area contributed by atoms with Gasteiger partial charge in [-0.1, -0.05) is 22.0 Å². The molecule has 0 saturated carbocycles. The SMILES string of the molecule is CN(C1CCCNC1)S(=O)(=O)c1cccc(Br)c1. The Labute approximate surface area is 117 Å². The van der Waals surface area contributed by atoms with Crippen molar-refractivity contribution in [3.8, 4) is 0 Å². The van der Waals surface area contributed by atoms with Gasteiger partial charge in [0, 0.05) is 24.1 Å². The van der Waals surface area contributed by atoms with Gasteiger partial charge in [-0.05, 0) is 37.6 Å². The zero-order chi connectivity index (χ0) is 13.2. The third-order valence-corrected chi connectivity index (χ3v) is 5.66. The number of benzene rings is 1. The first-order valence-electron chi connectivity index (χ1n) is 5.96. The Kier molecular flexibility index (Phi) is 4.42. The van der Waals surface area contributed by atoms with E-state index in [1.807, 2.05) is 6.07 Å². The minimum atomic E-state index is -3.40. The Balaban J connectivity index is 2.24. The summed E-state index contributed by atoms with van der Waals surface area (Å²) in [6.07, 6.45) is 1.93. The van der Waals surface area contributed by atoms with Gasteiger partial charge < -0.3 is 5.32 Å². The quantitative estimate of drug-likeness (QED) is 0.918. The topological polar surface area (TPSA) is 49.4 Å². The van der Waals surface area contributed by atoms with Crippen molar-refractivity contribution < 1.29 is 8.42 Å². The number of nitrogens with one attached hydrogen (secondary N) is 1. The summed E-state index contributed by atoms with van der Waals surface area (Å²) in [7, 11) is -1.74. The molecule has 1 aliphatic heterocycles. The van der Waals surface area contributed by atoms with Crippen LogP contribution >= 0.6 is 15.9 Å². The van der Waals surface area contributed by atoms with E-state index in [1.54, 1.807) is 25.2 Å². The minimum absolute atomic E-state index is 0.0442. The average molecular weight is 333 g/mol. The highest BCUT2D eigenvalue weighted by Gasteiger charge is 2.28. The fraction of sp³-hybridized carbons (Fsp3) is 0.500. The van der Waals surface area contributed by atoms with Crippen LogP contribution in [0.1, 0.15) is 12.8 Å². The first-order chi connectivity index (χ1) is 8.51. The van der Waals surface area contributed by atoms with Crippen molar-refractivity contribution in [3.05, 3.63) is 28.7 Å². The van der Waals surface area contributed by atoms with Crippen molar-refractivity contribution in [1.82, 2.24) is 9.62 Å². The van der Waals surface area contributed by atoms with E-state index in [-0.39, 0.29) is 6.04 Å². The molecule has 1 aromatic carbocycles. The van der Waals surface area contributed by atoms with E-state index in [1.165, 1.54) is 4.31 Å². The second-order valence-corrected chi connectivity index (χ2v) is 7.39. The third kappa shape index (κ3) is 2.93. The molecule has 0 amide bonds. The summed E-state index contributed by atoms with van der Waals surface area (Å²) in [5, 5.41) is 3.24. The maximum atomic E-state index is 12.5. The van der Waals surface area contributed by atoms with E-state index in [9.17, 15) is 8.42 Å². The lowest BCUT2D eigenvalue weighted by Crippen LogP contribution is -2.46. The Morgan fingerprint density at radius 1 is 1.44 bits per heavy atom. The molecule has 100 valence electrons. The lowest BCUT2D eigenvalue weighted by molar-refractivity contribution is 0.300. The molecule has 6 heteroatoms. The number of sulfonamides is 1. The fourth-order valence-corrected chi connectivity index (χ4v) is 4.12. The van der Waals surface area contributed by atoms with Gasteiger partial charge in [0.25, 0.3) is 0 Å². The lowest BCUT2D eigenvalue weighted by atomic mass is 10.1. The molecule has 0 radical (unpaired) electrons. The highest BCUT2D eigenvalue weighted by molar-refractivity contribution is 9.10. The van der Waals surface area contributed by atoms with Gasteiger partial charge in [0.15, 0.2) is 0 Å². The van der Waals surface area contributed by atoms with Crippen LogP contribution in [0.4, 0.5) is 0 Å². The number of nitrogens with zero attached hydrogens (tertiary/aromatic N) is 1. The van der Waals surface area contributed by atoms with Gasteiger partial charge in [-0.15, -0.1) is 0 Å². The van der Waals surface area contributed by atoms with Crippen molar-refractivity contribution in [3.63, 3.8) is 0 Å². The predicted molar refractivity (Wildman–Crippen MR) is 75.0 cm³/mol. The fourth-order valence-electron chi connectivity index (χ4n) is 2.13. The highest BCUT2D eigenvalue weighted by Crippen LogP contribution is 2.22. The molecular formula is C12H17BrN2O2S. The van der Waals surface area contributed by atoms with Gasteiger partial charge >= 0.3 is 0 Å². The van der Waals surface area contributed by atoms with Crippen molar-refractivity contribution in [2.45, 2.75) is 23.8 Å². The molecule has 1 heterocycles. The first-order valence-corrected chi connectivity index (χ1v) is 8.19. The standard InChI is InChI=1S/C12H17BrN2O2S/c1-15(11-5-3-7-14-9-11)18(16,17)12-6-2-4-10(13)8-12/h2,4,6,8,11,14H,3,5,7,9H2,1H3. The molecule has 1 unspecified atom stereocenters. The number of likely N-dealkylation sites (N-methyl/N-ethyl adjacent to an activating group) is 1. The Morgan fingerprint density at radius 3 is 2.83 bits per heavy atom. The molecule has 0 aliphatic carbocycles. The molecule has 4 nitrogen and oxygen atoms in total. The second kappa shape index (κ2) is 5.69. The second-order valence-electron chi connectivity index (χ2n) is 4.48. The highest BCUT2D eigenvalue weighted by atomic mass is 79.9. The molecule has 18 heavy (non-hydrogen) atoms. The molecule has 0 bridgehead atoms. The van der Waals surface area contributed by atoms with Gasteiger partial charge in [-0.2, -0.15) is 4.31 Å². The Bertz CT molecular complexity index is 513. The molecule has 0 spiro atoms.